The number of fused-ring (bicyclic) bond motifs is 9. The molecule has 1 atom stereocenters. The fourth-order valence-electron chi connectivity index (χ4n) is 6.90. The Balaban J connectivity index is 1.32. The van der Waals surface area contributed by atoms with Crippen molar-refractivity contribution in [3.05, 3.63) is 127 Å². The van der Waals surface area contributed by atoms with Crippen molar-refractivity contribution in [3.63, 3.8) is 0 Å². The third-order valence-corrected chi connectivity index (χ3v) is 8.66. The van der Waals surface area contributed by atoms with Crippen LogP contribution in [0.25, 0.3) is 72.1 Å². The smallest absolute Gasteiger partial charge is 0.159 e. The highest BCUT2D eigenvalue weighted by Crippen LogP contribution is 2.40. The zero-order valence-corrected chi connectivity index (χ0v) is 22.1. The maximum atomic E-state index is 6.67. The minimum Gasteiger partial charge on any atom is -0.454 e. The summed E-state index contributed by atoms with van der Waals surface area (Å²) in [5, 5.41) is 6.11. The first kappa shape index (κ1) is 21.9. The third kappa shape index (κ3) is 2.89. The van der Waals surface area contributed by atoms with Crippen molar-refractivity contribution >= 4 is 60.7 Å². The molecule has 1 aliphatic carbocycles. The lowest BCUT2D eigenvalue weighted by molar-refractivity contribution is 0.659. The quantitative estimate of drug-likeness (QED) is 0.225. The number of benzene rings is 5. The molecule has 40 heavy (non-hydrogen) atoms. The van der Waals surface area contributed by atoms with Gasteiger partial charge in [0.25, 0.3) is 0 Å². The first-order chi connectivity index (χ1) is 19.8. The average Bonchev–Trinajstić information content (AvgIpc) is 3.64. The standard InChI is InChI=1S/C37H26N2O/c1-23-17-19-28-27-11-4-7-15-33(27)39(35(28)21-23)34-16-8-12-29-30-22-24(18-20-36(30)40-37(29)34)38-31-13-5-2-9-25(31)26-10-3-6-14-32(26)38/h2-20,22-23H,21H2,1H3. The van der Waals surface area contributed by atoms with Gasteiger partial charge in [0, 0.05) is 43.9 Å². The number of hydrogen-bond donors (Lipinski definition) is 0. The van der Waals surface area contributed by atoms with Crippen LogP contribution in [-0.4, -0.2) is 9.13 Å². The van der Waals surface area contributed by atoms with Crippen molar-refractivity contribution in [3.8, 4) is 11.4 Å². The van der Waals surface area contributed by atoms with E-state index in [9.17, 15) is 0 Å². The van der Waals surface area contributed by atoms with E-state index >= 15 is 0 Å². The molecule has 0 fully saturated rings. The minimum atomic E-state index is 0.499. The van der Waals surface area contributed by atoms with Crippen LogP contribution in [0.2, 0.25) is 0 Å². The fourth-order valence-corrected chi connectivity index (χ4v) is 6.90. The van der Waals surface area contributed by atoms with Gasteiger partial charge in [-0.2, -0.15) is 0 Å². The summed E-state index contributed by atoms with van der Waals surface area (Å²) in [4.78, 5) is 0. The topological polar surface area (TPSA) is 23.0 Å². The molecular formula is C37H26N2O. The number of para-hydroxylation sites is 4. The molecule has 0 aliphatic heterocycles. The Bertz CT molecular complexity index is 2270. The molecule has 9 rings (SSSR count). The zero-order valence-electron chi connectivity index (χ0n) is 22.1. The van der Waals surface area contributed by atoms with E-state index in [1.165, 1.54) is 44.0 Å². The molecule has 5 aromatic carbocycles. The van der Waals surface area contributed by atoms with E-state index in [1.807, 2.05) is 0 Å². The van der Waals surface area contributed by atoms with Crippen LogP contribution in [0.5, 0.6) is 0 Å². The summed E-state index contributed by atoms with van der Waals surface area (Å²) in [7, 11) is 0. The van der Waals surface area contributed by atoms with Gasteiger partial charge >= 0.3 is 0 Å². The Morgan fingerprint density at radius 1 is 0.625 bits per heavy atom. The number of allylic oxidation sites excluding steroid dienone is 1. The maximum Gasteiger partial charge on any atom is 0.159 e. The van der Waals surface area contributed by atoms with E-state index in [-0.39, 0.29) is 0 Å². The van der Waals surface area contributed by atoms with Crippen molar-refractivity contribution in [1.29, 1.82) is 0 Å². The molecule has 1 aliphatic rings. The summed E-state index contributed by atoms with van der Waals surface area (Å²) in [5.74, 6) is 0.499. The van der Waals surface area contributed by atoms with Gasteiger partial charge in [0.15, 0.2) is 5.58 Å². The molecule has 0 amide bonds. The SMILES string of the molecule is CC1C=Cc2c(n(-c3cccc4c3oc3ccc(-n5c6ccccc6c6ccccc65)cc34)c3ccccc23)C1. The Kier molecular flexibility index (Phi) is 4.37. The van der Waals surface area contributed by atoms with Crippen LogP contribution >= 0.6 is 0 Å². The number of hydrogen-bond acceptors (Lipinski definition) is 1. The van der Waals surface area contributed by atoms with Crippen molar-refractivity contribution < 1.29 is 4.42 Å². The van der Waals surface area contributed by atoms with E-state index < -0.39 is 0 Å². The molecule has 190 valence electrons. The summed E-state index contributed by atoms with van der Waals surface area (Å²) in [6.45, 7) is 2.29. The van der Waals surface area contributed by atoms with Gasteiger partial charge < -0.3 is 13.6 Å². The van der Waals surface area contributed by atoms with Crippen LogP contribution in [0.4, 0.5) is 0 Å². The highest BCUT2D eigenvalue weighted by Gasteiger charge is 2.23. The van der Waals surface area contributed by atoms with Crippen molar-refractivity contribution in [2.45, 2.75) is 13.3 Å². The van der Waals surface area contributed by atoms with E-state index in [2.05, 4.69) is 137 Å². The highest BCUT2D eigenvalue weighted by molar-refractivity contribution is 6.11. The van der Waals surface area contributed by atoms with Gasteiger partial charge in [-0.25, -0.2) is 0 Å². The summed E-state index contributed by atoms with van der Waals surface area (Å²) >= 11 is 0. The van der Waals surface area contributed by atoms with Crippen LogP contribution in [0, 0.1) is 5.92 Å². The predicted octanol–water partition coefficient (Wildman–Crippen LogP) is 9.83. The Hall–Kier alpha value is -5.02. The van der Waals surface area contributed by atoms with Gasteiger partial charge in [-0.1, -0.05) is 85.8 Å². The van der Waals surface area contributed by atoms with Crippen molar-refractivity contribution in [1.82, 2.24) is 9.13 Å². The lowest BCUT2D eigenvalue weighted by Crippen LogP contribution is -2.08. The molecule has 0 N–H and O–H groups in total. The molecule has 0 spiro atoms. The largest absolute Gasteiger partial charge is 0.454 e. The monoisotopic (exact) mass is 514 g/mol. The molecule has 8 aromatic rings. The molecule has 3 heterocycles. The van der Waals surface area contributed by atoms with Gasteiger partial charge in [-0.3, -0.25) is 0 Å². The summed E-state index contributed by atoms with van der Waals surface area (Å²) < 4.78 is 11.5. The van der Waals surface area contributed by atoms with Gasteiger partial charge in [-0.15, -0.1) is 0 Å². The van der Waals surface area contributed by atoms with Crippen molar-refractivity contribution in [2.24, 2.45) is 5.92 Å². The zero-order chi connectivity index (χ0) is 26.4. The number of nitrogens with zero attached hydrogens (tertiary/aromatic N) is 2. The first-order valence-electron chi connectivity index (χ1n) is 14.0. The molecule has 3 nitrogen and oxygen atoms in total. The van der Waals surface area contributed by atoms with Crippen molar-refractivity contribution in [2.75, 3.05) is 0 Å². The van der Waals surface area contributed by atoms with E-state index in [4.69, 9.17) is 4.42 Å². The molecule has 3 heteroatoms. The van der Waals surface area contributed by atoms with Gasteiger partial charge in [0.1, 0.15) is 5.58 Å². The molecule has 0 saturated heterocycles. The summed E-state index contributed by atoms with van der Waals surface area (Å²) in [5.41, 5.74) is 10.4. The number of rotatable bonds is 2. The summed E-state index contributed by atoms with van der Waals surface area (Å²) in [6.07, 6.45) is 5.64. The molecule has 0 radical (unpaired) electrons. The van der Waals surface area contributed by atoms with E-state index in [0.717, 1.165) is 39.7 Å². The normalized spacial score (nSPS) is 15.2. The Labute approximate surface area is 231 Å². The summed E-state index contributed by atoms with van der Waals surface area (Å²) in [6, 6.07) is 39.2. The Morgan fingerprint density at radius 3 is 2.02 bits per heavy atom. The number of aromatic nitrogens is 2. The fraction of sp³-hybridized carbons (Fsp3) is 0.0811. The molecule has 1 unspecified atom stereocenters. The van der Waals surface area contributed by atoms with Gasteiger partial charge in [-0.05, 0) is 54.8 Å². The molecular weight excluding hydrogens is 488 g/mol. The highest BCUT2D eigenvalue weighted by atomic mass is 16.3. The second-order valence-corrected chi connectivity index (χ2v) is 11.1. The van der Waals surface area contributed by atoms with E-state index in [0.29, 0.717) is 5.92 Å². The predicted molar refractivity (Wildman–Crippen MR) is 167 cm³/mol. The van der Waals surface area contributed by atoms with Crippen LogP contribution in [0.15, 0.2) is 120 Å². The Morgan fingerprint density at radius 2 is 1.27 bits per heavy atom. The average molecular weight is 515 g/mol. The second kappa shape index (κ2) is 8.00. The van der Waals surface area contributed by atoms with Crippen LogP contribution < -0.4 is 0 Å². The lowest BCUT2D eigenvalue weighted by atomic mass is 9.95. The first-order valence-corrected chi connectivity index (χ1v) is 14.0. The molecule has 3 aromatic heterocycles. The lowest BCUT2D eigenvalue weighted by Gasteiger charge is -2.17. The van der Waals surface area contributed by atoms with Gasteiger partial charge in [0.2, 0.25) is 0 Å². The van der Waals surface area contributed by atoms with Crippen LogP contribution in [0.3, 0.4) is 0 Å². The maximum absolute atomic E-state index is 6.67. The molecule has 0 bridgehead atoms. The molecule has 0 saturated carbocycles. The van der Waals surface area contributed by atoms with Crippen LogP contribution in [-0.2, 0) is 6.42 Å². The minimum absolute atomic E-state index is 0.499. The second-order valence-electron chi connectivity index (χ2n) is 11.1. The third-order valence-electron chi connectivity index (χ3n) is 8.66. The number of furan rings is 1. The van der Waals surface area contributed by atoms with E-state index in [1.54, 1.807) is 0 Å². The van der Waals surface area contributed by atoms with Gasteiger partial charge in [0.05, 0.1) is 22.2 Å². The van der Waals surface area contributed by atoms with Crippen LogP contribution in [0.1, 0.15) is 18.2 Å².